The van der Waals surface area contributed by atoms with E-state index >= 15 is 0 Å². The first-order valence-electron chi connectivity index (χ1n) is 9.89. The maximum Gasteiger partial charge on any atom is 0.433 e. The smallest absolute Gasteiger partial charge is 0.433 e. The largest absolute Gasteiger partial charge is 0.483 e. The highest BCUT2D eigenvalue weighted by Gasteiger charge is 2.33. The van der Waals surface area contributed by atoms with Gasteiger partial charge in [0.2, 0.25) is 5.95 Å². The van der Waals surface area contributed by atoms with Gasteiger partial charge in [-0.05, 0) is 62.2 Å². The fourth-order valence-electron chi connectivity index (χ4n) is 3.19. The number of aromatic nitrogens is 2. The van der Waals surface area contributed by atoms with Crippen LogP contribution in [0.15, 0.2) is 53.6 Å². The topological polar surface area (TPSA) is 110 Å². The molecular weight excluding hydrogens is 473 g/mol. The first kappa shape index (κ1) is 25.0. The van der Waals surface area contributed by atoms with Crippen LogP contribution in [0.1, 0.15) is 22.4 Å². The van der Waals surface area contributed by atoms with Crippen LogP contribution in [0.25, 0.3) is 0 Å². The minimum Gasteiger partial charge on any atom is -0.483 e. The van der Waals surface area contributed by atoms with Crippen LogP contribution in [-0.4, -0.2) is 30.9 Å². The Morgan fingerprint density at radius 3 is 2.24 bits per heavy atom. The van der Waals surface area contributed by atoms with E-state index in [1.54, 1.807) is 0 Å². The highest BCUT2D eigenvalue weighted by Crippen LogP contribution is 2.28. The molecule has 0 aliphatic heterocycles. The number of carbonyl (C=O) groups excluding carboxylic acids is 1. The molecule has 0 aliphatic carbocycles. The number of alkyl halides is 3. The number of carbonyl (C=O) groups is 1. The minimum atomic E-state index is -4.75. The van der Waals surface area contributed by atoms with Gasteiger partial charge in [0.1, 0.15) is 11.4 Å². The maximum absolute atomic E-state index is 12.8. The number of nitrogens with one attached hydrogen (secondary N) is 2. The van der Waals surface area contributed by atoms with Gasteiger partial charge >= 0.3 is 6.18 Å². The summed E-state index contributed by atoms with van der Waals surface area (Å²) in [7, 11) is -4.26. The summed E-state index contributed by atoms with van der Waals surface area (Å²) in [6.45, 7) is 5.47. The second kappa shape index (κ2) is 9.67. The number of halogens is 3. The molecule has 3 aromatic rings. The van der Waals surface area contributed by atoms with E-state index in [-0.39, 0.29) is 11.5 Å². The van der Waals surface area contributed by atoms with Gasteiger partial charge in [0, 0.05) is 11.9 Å². The van der Waals surface area contributed by atoms with Gasteiger partial charge in [-0.2, -0.15) is 13.2 Å². The van der Waals surface area contributed by atoms with E-state index in [0.717, 1.165) is 22.9 Å². The standard InChI is InChI=1S/C22H21F3N4O4S/c1-13-10-14(2)20(15(3)11-13)33-12-19(30)27-16-4-6-17(7-5-16)34(31,32)29-21-26-9-8-18(28-21)22(23,24)25/h4-11H,12H2,1-3H3,(H,27,30)(H,26,28,29). The Bertz CT molecular complexity index is 1290. The van der Waals surface area contributed by atoms with Crippen molar-refractivity contribution in [2.45, 2.75) is 31.8 Å². The Morgan fingerprint density at radius 1 is 1.03 bits per heavy atom. The molecule has 12 heteroatoms. The van der Waals surface area contributed by atoms with Gasteiger partial charge in [0.05, 0.1) is 4.90 Å². The minimum absolute atomic E-state index is 0.251. The number of hydrogen-bond acceptors (Lipinski definition) is 6. The highest BCUT2D eigenvalue weighted by atomic mass is 32.2. The molecule has 0 bridgehead atoms. The molecule has 1 amide bonds. The molecule has 2 aromatic carbocycles. The van der Waals surface area contributed by atoms with Crippen LogP contribution in [0.5, 0.6) is 5.75 Å². The Morgan fingerprint density at radius 2 is 1.65 bits per heavy atom. The van der Waals surface area contributed by atoms with Crippen molar-refractivity contribution >= 4 is 27.6 Å². The van der Waals surface area contributed by atoms with E-state index in [2.05, 4.69) is 15.3 Å². The average molecular weight is 494 g/mol. The quantitative estimate of drug-likeness (QED) is 0.509. The number of anilines is 2. The monoisotopic (exact) mass is 494 g/mol. The van der Waals surface area contributed by atoms with Crippen molar-refractivity contribution < 1.29 is 31.1 Å². The zero-order valence-electron chi connectivity index (χ0n) is 18.4. The zero-order chi connectivity index (χ0) is 25.1. The molecule has 0 saturated heterocycles. The lowest BCUT2D eigenvalue weighted by Crippen LogP contribution is -2.21. The first-order valence-corrected chi connectivity index (χ1v) is 11.4. The summed E-state index contributed by atoms with van der Waals surface area (Å²) in [5, 5.41) is 2.59. The molecule has 0 atom stereocenters. The highest BCUT2D eigenvalue weighted by molar-refractivity contribution is 7.92. The van der Waals surface area contributed by atoms with Gasteiger partial charge in [0.15, 0.2) is 6.61 Å². The number of ether oxygens (including phenoxy) is 1. The van der Waals surface area contributed by atoms with Crippen LogP contribution >= 0.6 is 0 Å². The molecule has 0 aliphatic rings. The summed E-state index contributed by atoms with van der Waals surface area (Å²) in [6, 6.07) is 9.54. The van der Waals surface area contributed by atoms with Gasteiger partial charge in [-0.15, -0.1) is 0 Å². The van der Waals surface area contributed by atoms with Crippen molar-refractivity contribution in [2.24, 2.45) is 0 Å². The molecule has 3 rings (SSSR count). The summed E-state index contributed by atoms with van der Waals surface area (Å²) < 4.78 is 70.8. The van der Waals surface area contributed by atoms with E-state index in [1.807, 2.05) is 37.6 Å². The number of rotatable bonds is 7. The average Bonchev–Trinajstić information content (AvgIpc) is 2.72. The van der Waals surface area contributed by atoms with Crippen LogP contribution in [0.4, 0.5) is 24.8 Å². The third-order valence-corrected chi connectivity index (χ3v) is 5.92. The van der Waals surface area contributed by atoms with Gasteiger partial charge in [-0.1, -0.05) is 17.7 Å². The molecule has 0 unspecified atom stereocenters. The van der Waals surface area contributed by atoms with Crippen LogP contribution in [0.2, 0.25) is 0 Å². The fourth-order valence-corrected chi connectivity index (χ4v) is 4.14. The molecule has 0 radical (unpaired) electrons. The second-order valence-electron chi connectivity index (χ2n) is 7.46. The molecule has 1 aromatic heterocycles. The zero-order valence-corrected chi connectivity index (χ0v) is 19.2. The second-order valence-corrected chi connectivity index (χ2v) is 9.14. The molecule has 2 N–H and O–H groups in total. The van der Waals surface area contributed by atoms with Gasteiger partial charge < -0.3 is 10.1 Å². The Hall–Kier alpha value is -3.67. The molecule has 0 saturated carbocycles. The molecule has 180 valence electrons. The van der Waals surface area contributed by atoms with Crippen molar-refractivity contribution in [3.05, 3.63) is 71.0 Å². The number of aryl methyl sites for hydroxylation is 3. The van der Waals surface area contributed by atoms with Crippen molar-refractivity contribution in [3.63, 3.8) is 0 Å². The predicted octanol–water partition coefficient (Wildman–Crippen LogP) is 4.24. The van der Waals surface area contributed by atoms with E-state index in [9.17, 15) is 26.4 Å². The SMILES string of the molecule is Cc1cc(C)c(OCC(=O)Nc2ccc(S(=O)(=O)Nc3nccc(C(F)(F)F)n3)cc2)c(C)c1. The third kappa shape index (κ3) is 6.22. The van der Waals surface area contributed by atoms with Crippen molar-refractivity contribution in [1.29, 1.82) is 0 Å². The molecule has 34 heavy (non-hydrogen) atoms. The van der Waals surface area contributed by atoms with Gasteiger partial charge in [-0.3, -0.25) is 4.79 Å². The molecular formula is C22H21F3N4O4S. The van der Waals surface area contributed by atoms with E-state index in [1.165, 1.54) is 24.3 Å². The third-order valence-electron chi connectivity index (χ3n) is 4.57. The van der Waals surface area contributed by atoms with E-state index < -0.39 is 33.7 Å². The summed E-state index contributed by atoms with van der Waals surface area (Å²) in [4.78, 5) is 18.7. The van der Waals surface area contributed by atoms with Crippen LogP contribution in [0, 0.1) is 20.8 Å². The normalized spacial score (nSPS) is 11.7. The Labute approximate surface area is 194 Å². The number of benzene rings is 2. The number of sulfonamides is 1. The summed E-state index contributed by atoms with van der Waals surface area (Å²) >= 11 is 0. The Balaban J connectivity index is 1.64. The van der Waals surface area contributed by atoms with Crippen LogP contribution in [-0.2, 0) is 21.0 Å². The van der Waals surface area contributed by atoms with E-state index in [4.69, 9.17) is 4.74 Å². The first-order chi connectivity index (χ1) is 15.8. The summed E-state index contributed by atoms with van der Waals surface area (Å²) in [5.41, 5.74) is 1.90. The van der Waals surface area contributed by atoms with Crippen molar-refractivity contribution in [3.8, 4) is 5.75 Å². The number of hydrogen-bond donors (Lipinski definition) is 2. The summed E-state index contributed by atoms with van der Waals surface area (Å²) in [6.07, 6.45) is -3.95. The van der Waals surface area contributed by atoms with Gasteiger partial charge in [0.25, 0.3) is 15.9 Å². The van der Waals surface area contributed by atoms with Crippen molar-refractivity contribution in [1.82, 2.24) is 9.97 Å². The van der Waals surface area contributed by atoms with Crippen LogP contribution in [0.3, 0.4) is 0 Å². The predicted molar refractivity (Wildman–Crippen MR) is 119 cm³/mol. The molecule has 1 heterocycles. The lowest BCUT2D eigenvalue weighted by molar-refractivity contribution is -0.141. The lowest BCUT2D eigenvalue weighted by atomic mass is 10.1. The van der Waals surface area contributed by atoms with Crippen molar-refractivity contribution in [2.75, 3.05) is 16.6 Å². The van der Waals surface area contributed by atoms with E-state index in [0.29, 0.717) is 17.5 Å². The summed E-state index contributed by atoms with van der Waals surface area (Å²) in [5.74, 6) is -0.554. The maximum atomic E-state index is 12.8. The molecule has 8 nitrogen and oxygen atoms in total. The lowest BCUT2D eigenvalue weighted by Gasteiger charge is -2.13. The van der Waals surface area contributed by atoms with Gasteiger partial charge in [-0.25, -0.2) is 23.1 Å². The van der Waals surface area contributed by atoms with Crippen LogP contribution < -0.4 is 14.8 Å². The molecule has 0 fully saturated rings. The fraction of sp³-hybridized carbons (Fsp3) is 0.227. The Kier molecular flexibility index (Phi) is 7.10. The molecule has 0 spiro atoms. The number of nitrogens with zero attached hydrogens (tertiary/aromatic N) is 2. The number of amides is 1.